The van der Waals surface area contributed by atoms with Gasteiger partial charge in [0.05, 0.1) is 17.6 Å². The van der Waals surface area contributed by atoms with Crippen LogP contribution in [0.5, 0.6) is 5.75 Å². The predicted octanol–water partition coefficient (Wildman–Crippen LogP) is 1.28. The maximum atomic E-state index is 12.1. The van der Waals surface area contributed by atoms with Gasteiger partial charge in [0.2, 0.25) is 5.03 Å². The Morgan fingerprint density at radius 1 is 1.43 bits per heavy atom. The summed E-state index contributed by atoms with van der Waals surface area (Å²) in [5.41, 5.74) is -0.464. The molecule has 0 aliphatic carbocycles. The molecule has 0 bridgehead atoms. The predicted molar refractivity (Wildman–Crippen MR) is 74.1 cm³/mol. The average Bonchev–Trinajstić information content (AvgIpc) is 2.73. The van der Waals surface area contributed by atoms with Crippen LogP contribution in [0.1, 0.15) is 10.4 Å². The number of benzene rings is 1. The molecule has 1 aromatic carbocycles. The number of phenolic OH excluding ortho intramolecular Hbond substituents is 1. The number of halogens is 1. The molecular weight excluding hydrogens is 322 g/mol. The van der Waals surface area contributed by atoms with Gasteiger partial charge >= 0.3 is 5.97 Å². The number of carbonyl (C=O) groups is 1. The molecule has 8 nitrogen and oxygen atoms in total. The molecule has 0 amide bonds. The van der Waals surface area contributed by atoms with Crippen LogP contribution >= 0.6 is 11.6 Å². The minimum Gasteiger partial charge on any atom is -0.506 e. The van der Waals surface area contributed by atoms with Crippen LogP contribution in [-0.2, 0) is 17.1 Å². The van der Waals surface area contributed by atoms with Gasteiger partial charge in [-0.25, -0.2) is 9.78 Å². The molecule has 2 rings (SSSR count). The fourth-order valence-electron chi connectivity index (χ4n) is 1.52. The van der Waals surface area contributed by atoms with Crippen molar-refractivity contribution in [1.29, 1.82) is 0 Å². The highest BCUT2D eigenvalue weighted by atomic mass is 35.5. The molecular formula is C11H10ClN3O5S. The number of anilines is 1. The smallest absolute Gasteiger partial charge is 0.335 e. The summed E-state index contributed by atoms with van der Waals surface area (Å²) in [7, 11) is -2.64. The minimum atomic E-state index is -4.15. The molecule has 10 heteroatoms. The Bertz CT molecular complexity index is 815. The third kappa shape index (κ3) is 2.93. The van der Waals surface area contributed by atoms with Gasteiger partial charge in [0.15, 0.2) is 0 Å². The van der Waals surface area contributed by atoms with Crippen molar-refractivity contribution in [2.75, 3.05) is 4.72 Å². The second-order valence-corrected chi connectivity index (χ2v) is 6.05. The fraction of sp³-hybridized carbons (Fsp3) is 0.0909. The van der Waals surface area contributed by atoms with E-state index in [2.05, 4.69) is 9.71 Å². The zero-order chi connectivity index (χ0) is 15.8. The van der Waals surface area contributed by atoms with Crippen molar-refractivity contribution in [2.24, 2.45) is 7.05 Å². The van der Waals surface area contributed by atoms with E-state index in [1.165, 1.54) is 17.9 Å². The summed E-state index contributed by atoms with van der Waals surface area (Å²) < 4.78 is 27.6. The highest BCUT2D eigenvalue weighted by Crippen LogP contribution is 2.28. The van der Waals surface area contributed by atoms with Gasteiger partial charge in [-0.05, 0) is 18.2 Å². The van der Waals surface area contributed by atoms with E-state index in [-0.39, 0.29) is 16.4 Å². The highest BCUT2D eigenvalue weighted by molar-refractivity contribution is 7.92. The van der Waals surface area contributed by atoms with E-state index in [9.17, 15) is 18.3 Å². The van der Waals surface area contributed by atoms with E-state index < -0.39 is 26.8 Å². The summed E-state index contributed by atoms with van der Waals surface area (Å²) in [6.07, 6.45) is 1.21. The molecule has 112 valence electrons. The van der Waals surface area contributed by atoms with Crippen molar-refractivity contribution in [1.82, 2.24) is 9.55 Å². The number of aromatic nitrogens is 2. The van der Waals surface area contributed by atoms with Gasteiger partial charge in [-0.1, -0.05) is 11.6 Å². The number of carboxylic acids is 1. The number of nitrogens with one attached hydrogen (secondary N) is 1. The molecule has 0 radical (unpaired) electrons. The molecule has 0 unspecified atom stereocenters. The number of aryl methyl sites for hydroxylation is 1. The molecule has 0 aliphatic rings. The topological polar surface area (TPSA) is 122 Å². The number of aromatic carboxylic acids is 1. The molecule has 21 heavy (non-hydrogen) atoms. The monoisotopic (exact) mass is 331 g/mol. The average molecular weight is 332 g/mol. The normalized spacial score (nSPS) is 11.3. The van der Waals surface area contributed by atoms with Crippen LogP contribution in [0.15, 0.2) is 29.6 Å². The van der Waals surface area contributed by atoms with Gasteiger partial charge in [-0.15, -0.1) is 0 Å². The van der Waals surface area contributed by atoms with Crippen LogP contribution in [0.25, 0.3) is 0 Å². The number of hydrogen-bond donors (Lipinski definition) is 3. The molecule has 1 heterocycles. The van der Waals surface area contributed by atoms with E-state index in [1.807, 2.05) is 0 Å². The van der Waals surface area contributed by atoms with Gasteiger partial charge in [-0.2, -0.15) is 8.42 Å². The van der Waals surface area contributed by atoms with Gasteiger partial charge in [0.1, 0.15) is 10.9 Å². The third-order valence-electron chi connectivity index (χ3n) is 2.58. The molecule has 2 aromatic rings. The number of imidazole rings is 1. The van der Waals surface area contributed by atoms with Crippen LogP contribution in [0, 0.1) is 0 Å². The van der Waals surface area contributed by atoms with Crippen LogP contribution < -0.4 is 4.72 Å². The maximum absolute atomic E-state index is 12.1. The summed E-state index contributed by atoms with van der Waals surface area (Å²) in [6, 6.07) is 3.20. The van der Waals surface area contributed by atoms with Crippen LogP contribution in [-0.4, -0.2) is 34.2 Å². The molecule has 0 atom stereocenters. The maximum Gasteiger partial charge on any atom is 0.335 e. The van der Waals surface area contributed by atoms with Crippen molar-refractivity contribution < 1.29 is 23.4 Å². The molecule has 0 saturated heterocycles. The van der Waals surface area contributed by atoms with Crippen LogP contribution in [0.4, 0.5) is 5.69 Å². The van der Waals surface area contributed by atoms with E-state index >= 15 is 0 Å². The summed E-state index contributed by atoms with van der Waals surface area (Å²) in [6.45, 7) is 0. The first-order valence-corrected chi connectivity index (χ1v) is 7.34. The Morgan fingerprint density at radius 3 is 2.62 bits per heavy atom. The number of hydrogen-bond acceptors (Lipinski definition) is 5. The molecule has 0 aliphatic heterocycles. The number of phenols is 1. The highest BCUT2D eigenvalue weighted by Gasteiger charge is 2.24. The summed E-state index contributed by atoms with van der Waals surface area (Å²) in [5, 5.41) is 18.0. The number of nitrogens with zero attached hydrogens (tertiary/aromatic N) is 2. The number of sulfonamides is 1. The minimum absolute atomic E-state index is 0.114. The number of carboxylic acid groups (broad SMARTS) is 1. The standard InChI is InChI=1S/C11H10ClN3O5S/c1-15-5-13-10(9(15)12)21(19,20)14-7-4-6(11(17)18)2-3-8(7)16/h2-5,14,16H,1H3,(H,17,18). The van der Waals surface area contributed by atoms with Crippen LogP contribution in [0.2, 0.25) is 5.15 Å². The molecule has 0 spiro atoms. The lowest BCUT2D eigenvalue weighted by Crippen LogP contribution is -2.14. The third-order valence-corrected chi connectivity index (χ3v) is 4.43. The van der Waals surface area contributed by atoms with Gasteiger partial charge in [0.25, 0.3) is 10.0 Å². The van der Waals surface area contributed by atoms with E-state index in [4.69, 9.17) is 16.7 Å². The first-order chi connectivity index (χ1) is 9.72. The van der Waals surface area contributed by atoms with E-state index in [0.717, 1.165) is 18.2 Å². The van der Waals surface area contributed by atoms with E-state index in [0.29, 0.717) is 0 Å². The molecule has 3 N–H and O–H groups in total. The summed E-state index contributed by atoms with van der Waals surface area (Å²) >= 11 is 5.81. The van der Waals surface area contributed by atoms with Gasteiger partial charge < -0.3 is 14.8 Å². The second-order valence-electron chi connectivity index (χ2n) is 4.09. The van der Waals surface area contributed by atoms with E-state index in [1.54, 1.807) is 0 Å². The SMILES string of the molecule is Cn1cnc(S(=O)(=O)Nc2cc(C(=O)O)ccc2O)c1Cl. The lowest BCUT2D eigenvalue weighted by molar-refractivity contribution is 0.0697. The summed E-state index contributed by atoms with van der Waals surface area (Å²) in [5.74, 6) is -1.68. The molecule has 0 fully saturated rings. The summed E-state index contributed by atoms with van der Waals surface area (Å²) in [4.78, 5) is 14.5. The second kappa shape index (κ2) is 5.26. The lowest BCUT2D eigenvalue weighted by Gasteiger charge is -2.09. The van der Waals surface area contributed by atoms with Crippen molar-refractivity contribution in [3.8, 4) is 5.75 Å². The Kier molecular flexibility index (Phi) is 3.79. The first-order valence-electron chi connectivity index (χ1n) is 5.48. The largest absolute Gasteiger partial charge is 0.506 e. The Hall–Kier alpha value is -2.26. The van der Waals surface area contributed by atoms with Crippen LogP contribution in [0.3, 0.4) is 0 Å². The van der Waals surface area contributed by atoms with Crippen molar-refractivity contribution in [3.05, 3.63) is 35.2 Å². The first kappa shape index (κ1) is 15.1. The van der Waals surface area contributed by atoms with Crippen molar-refractivity contribution in [3.63, 3.8) is 0 Å². The lowest BCUT2D eigenvalue weighted by atomic mass is 10.2. The Labute approximate surface area is 124 Å². The van der Waals surface area contributed by atoms with Crippen molar-refractivity contribution >= 4 is 33.3 Å². The van der Waals surface area contributed by atoms with Crippen molar-refractivity contribution in [2.45, 2.75) is 5.03 Å². The quantitative estimate of drug-likeness (QED) is 0.725. The molecule has 1 aromatic heterocycles. The molecule has 0 saturated carbocycles. The zero-order valence-electron chi connectivity index (χ0n) is 10.6. The van der Waals surface area contributed by atoms with Gasteiger partial charge in [-0.3, -0.25) is 4.72 Å². The zero-order valence-corrected chi connectivity index (χ0v) is 12.2. The Balaban J connectivity index is 2.44. The number of aromatic hydroxyl groups is 1. The number of rotatable bonds is 4. The fourth-order valence-corrected chi connectivity index (χ4v) is 3.02. The Morgan fingerprint density at radius 2 is 2.10 bits per heavy atom. The van der Waals surface area contributed by atoms with Gasteiger partial charge in [0, 0.05) is 7.05 Å².